The van der Waals surface area contributed by atoms with E-state index in [-0.39, 0.29) is 17.8 Å². The van der Waals surface area contributed by atoms with Gasteiger partial charge in [0.15, 0.2) is 0 Å². The van der Waals surface area contributed by atoms with Gasteiger partial charge in [-0.15, -0.1) is 0 Å². The summed E-state index contributed by atoms with van der Waals surface area (Å²) in [5.41, 5.74) is 2.88. The molecule has 0 aliphatic carbocycles. The first-order valence-corrected chi connectivity index (χ1v) is 8.62. The molecule has 2 aromatic carbocycles. The standard InChI is InChI=1S/C20H19FN4O/c1-13-3-2-4-16-18(13)22-12-23-19(16)24-17-9-10-25(20(17)26)11-14-5-7-15(21)8-6-14/h2-8,12,17H,9-11H2,1H3,(H,22,23,24). The molecule has 5 nitrogen and oxygen atoms in total. The van der Waals surface area contributed by atoms with Gasteiger partial charge in [0, 0.05) is 18.5 Å². The van der Waals surface area contributed by atoms with Gasteiger partial charge >= 0.3 is 0 Å². The second kappa shape index (κ2) is 6.71. The van der Waals surface area contributed by atoms with Crippen LogP contribution < -0.4 is 5.32 Å². The van der Waals surface area contributed by atoms with Crippen LogP contribution in [0.15, 0.2) is 48.8 Å². The summed E-state index contributed by atoms with van der Waals surface area (Å²) in [5, 5.41) is 4.20. The number of carbonyl (C=O) groups is 1. The normalized spacial score (nSPS) is 17.1. The van der Waals surface area contributed by atoms with Gasteiger partial charge in [-0.3, -0.25) is 4.79 Å². The smallest absolute Gasteiger partial charge is 0.245 e. The first-order chi connectivity index (χ1) is 12.6. The Bertz CT molecular complexity index is 958. The van der Waals surface area contributed by atoms with Gasteiger partial charge in [-0.25, -0.2) is 14.4 Å². The average molecular weight is 350 g/mol. The molecule has 4 rings (SSSR count). The number of aryl methyl sites for hydroxylation is 1. The second-order valence-electron chi connectivity index (χ2n) is 6.57. The number of fused-ring (bicyclic) bond motifs is 1. The molecule has 1 aromatic heterocycles. The Kier molecular flexibility index (Phi) is 4.24. The highest BCUT2D eigenvalue weighted by atomic mass is 19.1. The molecule has 3 aromatic rings. The number of aromatic nitrogens is 2. The first-order valence-electron chi connectivity index (χ1n) is 8.62. The Labute approximate surface area is 150 Å². The van der Waals surface area contributed by atoms with E-state index in [2.05, 4.69) is 15.3 Å². The summed E-state index contributed by atoms with van der Waals surface area (Å²) < 4.78 is 13.0. The number of likely N-dealkylation sites (tertiary alicyclic amines) is 1. The summed E-state index contributed by atoms with van der Waals surface area (Å²) in [7, 11) is 0. The molecule has 1 N–H and O–H groups in total. The molecule has 1 aliphatic heterocycles. The molecule has 1 saturated heterocycles. The number of hydrogen-bond acceptors (Lipinski definition) is 4. The summed E-state index contributed by atoms with van der Waals surface area (Å²) in [6.45, 7) is 3.15. The van der Waals surface area contributed by atoms with E-state index in [9.17, 15) is 9.18 Å². The van der Waals surface area contributed by atoms with E-state index >= 15 is 0 Å². The summed E-state index contributed by atoms with van der Waals surface area (Å²) in [5.74, 6) is 0.446. The Hall–Kier alpha value is -3.02. The average Bonchev–Trinajstić information content (AvgIpc) is 2.98. The minimum atomic E-state index is -0.311. The lowest BCUT2D eigenvalue weighted by atomic mass is 10.1. The van der Waals surface area contributed by atoms with Crippen LogP contribution in [-0.4, -0.2) is 33.4 Å². The Morgan fingerprint density at radius 3 is 2.81 bits per heavy atom. The lowest BCUT2D eigenvalue weighted by Crippen LogP contribution is -2.33. The molecule has 132 valence electrons. The molecule has 0 saturated carbocycles. The molecule has 6 heteroatoms. The SMILES string of the molecule is Cc1cccc2c(NC3CCN(Cc4ccc(F)cc4)C3=O)ncnc12. The van der Waals surface area contributed by atoms with Crippen molar-refractivity contribution in [2.24, 2.45) is 0 Å². The van der Waals surface area contributed by atoms with Crippen LogP contribution in [0.5, 0.6) is 0 Å². The summed E-state index contributed by atoms with van der Waals surface area (Å²) in [4.78, 5) is 23.2. The highest BCUT2D eigenvalue weighted by Gasteiger charge is 2.32. The van der Waals surface area contributed by atoms with Gasteiger partial charge in [-0.2, -0.15) is 0 Å². The van der Waals surface area contributed by atoms with Crippen LogP contribution >= 0.6 is 0 Å². The number of amides is 1. The first kappa shape index (κ1) is 16.4. The van der Waals surface area contributed by atoms with Gasteiger partial charge in [0.05, 0.1) is 5.52 Å². The minimum Gasteiger partial charge on any atom is -0.358 e. The maximum atomic E-state index is 13.0. The highest BCUT2D eigenvalue weighted by Crippen LogP contribution is 2.25. The molecule has 1 fully saturated rings. The van der Waals surface area contributed by atoms with Crippen molar-refractivity contribution in [2.75, 3.05) is 11.9 Å². The molecule has 26 heavy (non-hydrogen) atoms. The zero-order valence-electron chi connectivity index (χ0n) is 14.4. The maximum Gasteiger partial charge on any atom is 0.245 e. The molecule has 1 atom stereocenters. The number of halogens is 1. The van der Waals surface area contributed by atoms with Crippen LogP contribution in [0.25, 0.3) is 10.9 Å². The van der Waals surface area contributed by atoms with Crippen LogP contribution in [0.3, 0.4) is 0 Å². The number of benzene rings is 2. The highest BCUT2D eigenvalue weighted by molar-refractivity contribution is 5.94. The quantitative estimate of drug-likeness (QED) is 0.784. The minimum absolute atomic E-state index is 0.0359. The fourth-order valence-electron chi connectivity index (χ4n) is 3.36. The Morgan fingerprint density at radius 2 is 2.00 bits per heavy atom. The third-order valence-electron chi connectivity index (χ3n) is 4.76. The van der Waals surface area contributed by atoms with Crippen molar-refractivity contribution in [3.8, 4) is 0 Å². The van der Waals surface area contributed by atoms with E-state index < -0.39 is 0 Å². The van der Waals surface area contributed by atoms with Crippen LogP contribution in [0.1, 0.15) is 17.5 Å². The van der Waals surface area contributed by atoms with E-state index in [0.717, 1.165) is 22.0 Å². The van der Waals surface area contributed by atoms with Gasteiger partial charge in [0.1, 0.15) is 24.0 Å². The zero-order chi connectivity index (χ0) is 18.1. The van der Waals surface area contributed by atoms with Gasteiger partial charge < -0.3 is 10.2 Å². The Morgan fingerprint density at radius 1 is 1.19 bits per heavy atom. The van der Waals surface area contributed by atoms with Crippen LogP contribution in [0.4, 0.5) is 10.2 Å². The van der Waals surface area contributed by atoms with Crippen LogP contribution in [0, 0.1) is 12.7 Å². The van der Waals surface area contributed by atoms with Crippen molar-refractivity contribution in [1.82, 2.24) is 14.9 Å². The monoisotopic (exact) mass is 350 g/mol. The fourth-order valence-corrected chi connectivity index (χ4v) is 3.36. The summed E-state index contributed by atoms with van der Waals surface area (Å²) in [6.07, 6.45) is 2.23. The second-order valence-corrected chi connectivity index (χ2v) is 6.57. The van der Waals surface area contributed by atoms with E-state index in [4.69, 9.17) is 0 Å². The number of nitrogens with zero attached hydrogens (tertiary/aromatic N) is 3. The number of rotatable bonds is 4. The van der Waals surface area contributed by atoms with E-state index in [1.54, 1.807) is 17.0 Å². The van der Waals surface area contributed by atoms with E-state index in [1.165, 1.54) is 18.5 Å². The number of carbonyl (C=O) groups excluding carboxylic acids is 1. The fraction of sp³-hybridized carbons (Fsp3) is 0.250. The number of nitrogens with one attached hydrogen (secondary N) is 1. The maximum absolute atomic E-state index is 13.0. The number of hydrogen-bond donors (Lipinski definition) is 1. The van der Waals surface area contributed by atoms with Crippen molar-refractivity contribution in [3.05, 3.63) is 65.7 Å². The predicted molar refractivity (Wildman–Crippen MR) is 98.1 cm³/mol. The molecule has 1 amide bonds. The van der Waals surface area contributed by atoms with Gasteiger partial charge in [0.2, 0.25) is 5.91 Å². The van der Waals surface area contributed by atoms with Crippen LogP contribution in [-0.2, 0) is 11.3 Å². The van der Waals surface area contributed by atoms with E-state index in [0.29, 0.717) is 25.3 Å². The third kappa shape index (κ3) is 3.10. The molecule has 1 aliphatic rings. The molecule has 0 bridgehead atoms. The molecule has 0 radical (unpaired) electrons. The topological polar surface area (TPSA) is 58.1 Å². The van der Waals surface area contributed by atoms with Crippen molar-refractivity contribution in [3.63, 3.8) is 0 Å². The van der Waals surface area contributed by atoms with Gasteiger partial charge in [-0.05, 0) is 42.7 Å². The molecular formula is C20H19FN4O. The molecule has 0 spiro atoms. The lowest BCUT2D eigenvalue weighted by molar-refractivity contribution is -0.128. The largest absolute Gasteiger partial charge is 0.358 e. The van der Waals surface area contributed by atoms with E-state index in [1.807, 2.05) is 25.1 Å². The molecule has 2 heterocycles. The van der Waals surface area contributed by atoms with Crippen molar-refractivity contribution >= 4 is 22.6 Å². The van der Waals surface area contributed by atoms with Crippen molar-refractivity contribution in [2.45, 2.75) is 25.9 Å². The van der Waals surface area contributed by atoms with Gasteiger partial charge in [0.25, 0.3) is 0 Å². The van der Waals surface area contributed by atoms with Crippen LogP contribution in [0.2, 0.25) is 0 Å². The summed E-state index contributed by atoms with van der Waals surface area (Å²) in [6, 6.07) is 11.9. The molecule has 1 unspecified atom stereocenters. The van der Waals surface area contributed by atoms with Gasteiger partial charge in [-0.1, -0.05) is 24.3 Å². The predicted octanol–water partition coefficient (Wildman–Crippen LogP) is 3.29. The summed E-state index contributed by atoms with van der Waals surface area (Å²) >= 11 is 0. The Balaban J connectivity index is 1.51. The third-order valence-corrected chi connectivity index (χ3v) is 4.76. The molecular weight excluding hydrogens is 331 g/mol. The zero-order valence-corrected chi connectivity index (χ0v) is 14.4. The number of anilines is 1. The lowest BCUT2D eigenvalue weighted by Gasteiger charge is -2.18. The van der Waals surface area contributed by atoms with Crippen molar-refractivity contribution < 1.29 is 9.18 Å². The van der Waals surface area contributed by atoms with Crippen molar-refractivity contribution in [1.29, 1.82) is 0 Å². The number of para-hydroxylation sites is 1.